The van der Waals surface area contributed by atoms with E-state index >= 15 is 0 Å². The van der Waals surface area contributed by atoms with Gasteiger partial charge in [0, 0.05) is 43.4 Å². The Morgan fingerprint density at radius 3 is 2.56 bits per heavy atom. The van der Waals surface area contributed by atoms with Crippen molar-refractivity contribution >= 4 is 17.3 Å². The summed E-state index contributed by atoms with van der Waals surface area (Å²) < 4.78 is 0. The van der Waals surface area contributed by atoms with Gasteiger partial charge in [-0.25, -0.2) is 0 Å². The minimum absolute atomic E-state index is 0.729. The highest BCUT2D eigenvalue weighted by Crippen LogP contribution is 2.21. The lowest BCUT2D eigenvalue weighted by Gasteiger charge is -2.32. The molecule has 1 heterocycles. The topological polar surface area (TPSA) is 32.5 Å². The van der Waals surface area contributed by atoms with Gasteiger partial charge in [0.2, 0.25) is 0 Å². The zero-order valence-corrected chi connectivity index (χ0v) is 10.4. The van der Waals surface area contributed by atoms with Crippen LogP contribution in [0.3, 0.4) is 0 Å². The van der Waals surface area contributed by atoms with Crippen LogP contribution < -0.4 is 5.73 Å². The highest BCUT2D eigenvalue weighted by atomic mass is 35.5. The van der Waals surface area contributed by atoms with Crippen molar-refractivity contribution in [2.75, 3.05) is 39.0 Å². The maximum Gasteiger partial charge on any atom is 0.0471 e. The van der Waals surface area contributed by atoms with E-state index in [0.29, 0.717) is 0 Å². The fraction of sp³-hybridized carbons (Fsp3) is 0.500. The zero-order valence-electron chi connectivity index (χ0n) is 9.62. The summed E-state index contributed by atoms with van der Waals surface area (Å²) in [6.07, 6.45) is 0. The Hall–Kier alpha value is -0.770. The average Bonchev–Trinajstić information content (AvgIpc) is 2.25. The molecule has 2 rings (SSSR count). The smallest absolute Gasteiger partial charge is 0.0471 e. The van der Waals surface area contributed by atoms with Crippen molar-refractivity contribution < 1.29 is 0 Å². The summed E-state index contributed by atoms with van der Waals surface area (Å²) >= 11 is 6.16. The van der Waals surface area contributed by atoms with Crippen molar-refractivity contribution in [1.29, 1.82) is 0 Å². The van der Waals surface area contributed by atoms with Gasteiger partial charge >= 0.3 is 0 Å². The Balaban J connectivity index is 1.98. The van der Waals surface area contributed by atoms with Crippen molar-refractivity contribution in [3.63, 3.8) is 0 Å². The molecule has 1 aliphatic rings. The Morgan fingerprint density at radius 2 is 1.94 bits per heavy atom. The van der Waals surface area contributed by atoms with Gasteiger partial charge < -0.3 is 10.6 Å². The largest absolute Gasteiger partial charge is 0.399 e. The molecule has 0 amide bonds. The van der Waals surface area contributed by atoms with Gasteiger partial charge in [-0.3, -0.25) is 4.90 Å². The predicted octanol–water partition coefficient (Wildman–Crippen LogP) is 1.67. The van der Waals surface area contributed by atoms with E-state index in [2.05, 4.69) is 16.8 Å². The standard InChI is InChI=1S/C12H18ClN3/c1-15-4-6-16(7-5-15)9-10-2-3-11(14)8-12(10)13/h2-3,8H,4-7,9,14H2,1H3. The van der Waals surface area contributed by atoms with Crippen LogP contribution in [0.1, 0.15) is 5.56 Å². The molecule has 1 saturated heterocycles. The van der Waals surface area contributed by atoms with Crippen LogP contribution in [-0.2, 0) is 6.54 Å². The third-order valence-electron chi connectivity index (χ3n) is 3.07. The molecular weight excluding hydrogens is 222 g/mol. The number of nitrogen functional groups attached to an aromatic ring is 1. The van der Waals surface area contributed by atoms with Crippen LogP contribution in [0.4, 0.5) is 5.69 Å². The van der Waals surface area contributed by atoms with Gasteiger partial charge in [-0.05, 0) is 24.7 Å². The number of halogens is 1. The van der Waals surface area contributed by atoms with Crippen molar-refractivity contribution in [3.8, 4) is 0 Å². The maximum atomic E-state index is 6.16. The Kier molecular flexibility index (Phi) is 3.69. The van der Waals surface area contributed by atoms with Crippen LogP contribution in [0.5, 0.6) is 0 Å². The van der Waals surface area contributed by atoms with Crippen LogP contribution in [0.15, 0.2) is 18.2 Å². The second-order valence-electron chi connectivity index (χ2n) is 4.43. The van der Waals surface area contributed by atoms with Gasteiger partial charge in [-0.1, -0.05) is 17.7 Å². The van der Waals surface area contributed by atoms with Crippen LogP contribution in [-0.4, -0.2) is 43.0 Å². The van der Waals surface area contributed by atoms with Gasteiger partial charge in [-0.15, -0.1) is 0 Å². The third-order valence-corrected chi connectivity index (χ3v) is 3.42. The van der Waals surface area contributed by atoms with Crippen LogP contribution in [0.25, 0.3) is 0 Å². The van der Waals surface area contributed by atoms with Crippen molar-refractivity contribution in [3.05, 3.63) is 28.8 Å². The van der Waals surface area contributed by atoms with Crippen LogP contribution in [0.2, 0.25) is 5.02 Å². The first kappa shape index (κ1) is 11.7. The summed E-state index contributed by atoms with van der Waals surface area (Å²) in [5.41, 5.74) is 7.57. The molecule has 0 unspecified atom stereocenters. The van der Waals surface area contributed by atoms with Gasteiger partial charge in [0.1, 0.15) is 0 Å². The number of piperazine rings is 1. The predicted molar refractivity (Wildman–Crippen MR) is 68.6 cm³/mol. The Bertz CT molecular complexity index is 359. The average molecular weight is 240 g/mol. The van der Waals surface area contributed by atoms with E-state index in [1.54, 1.807) is 0 Å². The molecule has 1 aromatic carbocycles. The number of anilines is 1. The van der Waals surface area contributed by atoms with E-state index in [9.17, 15) is 0 Å². The van der Waals surface area contributed by atoms with E-state index in [0.717, 1.165) is 43.4 Å². The lowest BCUT2D eigenvalue weighted by molar-refractivity contribution is 0.148. The Morgan fingerprint density at radius 1 is 1.25 bits per heavy atom. The van der Waals surface area contributed by atoms with E-state index in [1.165, 1.54) is 5.56 Å². The summed E-state index contributed by atoms with van der Waals surface area (Å²) in [5, 5.41) is 0.777. The van der Waals surface area contributed by atoms with Crippen molar-refractivity contribution in [1.82, 2.24) is 9.80 Å². The highest BCUT2D eigenvalue weighted by molar-refractivity contribution is 6.31. The molecule has 0 spiro atoms. The number of hydrogen-bond acceptors (Lipinski definition) is 3. The lowest BCUT2D eigenvalue weighted by Crippen LogP contribution is -2.43. The second-order valence-corrected chi connectivity index (χ2v) is 4.84. The highest BCUT2D eigenvalue weighted by Gasteiger charge is 2.14. The molecule has 3 nitrogen and oxygen atoms in total. The van der Waals surface area contributed by atoms with E-state index < -0.39 is 0 Å². The first-order valence-electron chi connectivity index (χ1n) is 5.60. The molecular formula is C12H18ClN3. The molecule has 16 heavy (non-hydrogen) atoms. The molecule has 0 aromatic heterocycles. The molecule has 0 atom stereocenters. The molecule has 0 radical (unpaired) electrons. The second kappa shape index (κ2) is 5.04. The van der Waals surface area contributed by atoms with E-state index in [4.69, 9.17) is 17.3 Å². The monoisotopic (exact) mass is 239 g/mol. The van der Waals surface area contributed by atoms with Crippen molar-refractivity contribution in [2.24, 2.45) is 0 Å². The maximum absolute atomic E-state index is 6.16. The first-order chi connectivity index (χ1) is 7.65. The van der Waals surface area contributed by atoms with Gasteiger partial charge in [0.05, 0.1) is 0 Å². The molecule has 1 aliphatic heterocycles. The lowest BCUT2D eigenvalue weighted by atomic mass is 10.2. The van der Waals surface area contributed by atoms with Gasteiger partial charge in [0.15, 0.2) is 0 Å². The molecule has 1 aromatic rings. The zero-order chi connectivity index (χ0) is 11.5. The fourth-order valence-corrected chi connectivity index (χ4v) is 2.19. The normalized spacial score (nSPS) is 18.9. The summed E-state index contributed by atoms with van der Waals surface area (Å²) in [4.78, 5) is 4.78. The third kappa shape index (κ3) is 2.88. The fourth-order valence-electron chi connectivity index (χ4n) is 1.94. The summed E-state index contributed by atoms with van der Waals surface area (Å²) in [6, 6.07) is 5.76. The number of nitrogens with zero attached hydrogens (tertiary/aromatic N) is 2. The number of rotatable bonds is 2. The summed E-state index contributed by atoms with van der Waals surface area (Å²) in [7, 11) is 2.16. The number of hydrogen-bond donors (Lipinski definition) is 1. The van der Waals surface area contributed by atoms with E-state index in [-0.39, 0.29) is 0 Å². The molecule has 4 heteroatoms. The summed E-state index contributed by atoms with van der Waals surface area (Å²) in [5.74, 6) is 0. The number of nitrogens with two attached hydrogens (primary N) is 1. The van der Waals surface area contributed by atoms with E-state index in [1.807, 2.05) is 18.2 Å². The summed E-state index contributed by atoms with van der Waals surface area (Å²) in [6.45, 7) is 5.40. The number of benzene rings is 1. The minimum Gasteiger partial charge on any atom is -0.399 e. The molecule has 0 saturated carbocycles. The Labute approximate surface area is 102 Å². The van der Waals surface area contributed by atoms with Gasteiger partial charge in [-0.2, -0.15) is 0 Å². The molecule has 88 valence electrons. The van der Waals surface area contributed by atoms with Crippen molar-refractivity contribution in [2.45, 2.75) is 6.54 Å². The van der Waals surface area contributed by atoms with Crippen LogP contribution in [0, 0.1) is 0 Å². The number of likely N-dealkylation sites (N-methyl/N-ethyl adjacent to an activating group) is 1. The molecule has 2 N–H and O–H groups in total. The minimum atomic E-state index is 0.729. The molecule has 0 bridgehead atoms. The van der Waals surface area contributed by atoms with Crippen LogP contribution >= 0.6 is 11.6 Å². The first-order valence-corrected chi connectivity index (χ1v) is 5.98. The molecule has 0 aliphatic carbocycles. The SMILES string of the molecule is CN1CCN(Cc2ccc(N)cc2Cl)CC1. The quantitative estimate of drug-likeness (QED) is 0.797. The van der Waals surface area contributed by atoms with Gasteiger partial charge in [0.25, 0.3) is 0 Å². The molecule has 1 fully saturated rings.